The van der Waals surface area contributed by atoms with Gasteiger partial charge in [0, 0.05) is 19.3 Å². The van der Waals surface area contributed by atoms with Crippen LogP contribution in [-0.2, 0) is 16.1 Å². The summed E-state index contributed by atoms with van der Waals surface area (Å²) in [4.78, 5) is 33.0. The van der Waals surface area contributed by atoms with Crippen LogP contribution in [0.4, 0.5) is 11.5 Å². The smallest absolute Gasteiger partial charge is 0.255 e. The molecule has 26 heavy (non-hydrogen) atoms. The monoisotopic (exact) mass is 352 g/mol. The quantitative estimate of drug-likeness (QED) is 0.906. The Labute approximate surface area is 151 Å². The van der Waals surface area contributed by atoms with Crippen LogP contribution in [0.2, 0.25) is 0 Å². The lowest BCUT2D eigenvalue weighted by Crippen LogP contribution is -2.42. The van der Waals surface area contributed by atoms with Crippen molar-refractivity contribution >= 4 is 23.3 Å². The molecule has 3 heterocycles. The second kappa shape index (κ2) is 7.13. The molecule has 0 saturated carbocycles. The van der Waals surface area contributed by atoms with Crippen LogP contribution in [0.3, 0.4) is 0 Å². The zero-order chi connectivity index (χ0) is 17.9. The fraction of sp³-hybridized carbons (Fsp3) is 0.316. The van der Waals surface area contributed by atoms with E-state index in [1.807, 2.05) is 30.3 Å². The molecule has 1 aromatic heterocycles. The van der Waals surface area contributed by atoms with E-state index in [4.69, 9.17) is 4.74 Å². The maximum Gasteiger partial charge on any atom is 0.255 e. The Morgan fingerprint density at radius 3 is 2.73 bits per heavy atom. The first-order valence-electron chi connectivity index (χ1n) is 8.67. The average molecular weight is 352 g/mol. The Hall–Kier alpha value is -2.93. The molecular weight excluding hydrogens is 332 g/mol. The van der Waals surface area contributed by atoms with Crippen LogP contribution in [-0.4, -0.2) is 54.5 Å². The lowest BCUT2D eigenvalue weighted by molar-refractivity contribution is -0.117. The Kier molecular flexibility index (Phi) is 4.53. The number of aromatic nitrogens is 1. The summed E-state index contributed by atoms with van der Waals surface area (Å²) in [6.07, 6.45) is 1.57. The minimum Gasteiger partial charge on any atom is -0.378 e. The summed E-state index contributed by atoms with van der Waals surface area (Å²) in [7, 11) is 0. The summed E-state index contributed by atoms with van der Waals surface area (Å²) in [6.45, 7) is 2.88. The molecule has 134 valence electrons. The van der Waals surface area contributed by atoms with Crippen molar-refractivity contribution in [2.75, 3.05) is 43.1 Å². The number of nitrogens with zero attached hydrogens (tertiary/aromatic N) is 3. The molecule has 0 bridgehead atoms. The molecule has 0 unspecified atom stereocenters. The zero-order valence-corrected chi connectivity index (χ0v) is 14.4. The largest absolute Gasteiger partial charge is 0.378 e. The van der Waals surface area contributed by atoms with Gasteiger partial charge in [-0.3, -0.25) is 9.59 Å². The van der Waals surface area contributed by atoms with Gasteiger partial charge in [-0.05, 0) is 11.6 Å². The molecular formula is C19H20N4O3. The fourth-order valence-electron chi connectivity index (χ4n) is 3.19. The van der Waals surface area contributed by atoms with E-state index in [-0.39, 0.29) is 18.4 Å². The van der Waals surface area contributed by atoms with Crippen molar-refractivity contribution in [3.8, 4) is 0 Å². The molecule has 7 nitrogen and oxygen atoms in total. The summed E-state index contributed by atoms with van der Waals surface area (Å²) in [5.41, 5.74) is 2.16. The van der Waals surface area contributed by atoms with Crippen LogP contribution in [0, 0.1) is 0 Å². The third-order valence-electron chi connectivity index (χ3n) is 4.60. The van der Waals surface area contributed by atoms with E-state index < -0.39 is 0 Å². The molecule has 2 aliphatic heterocycles. The molecule has 7 heteroatoms. The number of rotatable bonds is 3. The molecule has 1 saturated heterocycles. The molecule has 4 rings (SSSR count). The van der Waals surface area contributed by atoms with Gasteiger partial charge in [0.2, 0.25) is 5.91 Å². The maximum absolute atomic E-state index is 12.7. The number of benzene rings is 1. The van der Waals surface area contributed by atoms with Crippen LogP contribution >= 0.6 is 0 Å². The maximum atomic E-state index is 12.7. The van der Waals surface area contributed by atoms with Crippen molar-refractivity contribution in [3.05, 3.63) is 53.7 Å². The molecule has 0 atom stereocenters. The number of nitrogens with one attached hydrogen (secondary N) is 1. The fourth-order valence-corrected chi connectivity index (χ4v) is 3.19. The van der Waals surface area contributed by atoms with E-state index in [2.05, 4.69) is 10.3 Å². The Balaban J connectivity index is 1.63. The summed E-state index contributed by atoms with van der Waals surface area (Å²) in [5.74, 6) is 0.500. The highest BCUT2D eigenvalue weighted by atomic mass is 16.5. The standard InChI is InChI=1S/C19H20N4O3/c24-17-12-21-18-16(23(17)13-14-4-2-1-3-5-14)10-15(11-20-18)19(25)22-6-8-26-9-7-22/h1-5,10-11H,6-9,12-13H2,(H,20,21). The number of anilines is 2. The van der Waals surface area contributed by atoms with E-state index >= 15 is 0 Å². The number of hydrogen-bond acceptors (Lipinski definition) is 5. The van der Waals surface area contributed by atoms with Crippen LogP contribution in [0.25, 0.3) is 0 Å². The SMILES string of the molecule is O=C(c1cnc2c(c1)N(Cc1ccccc1)C(=O)CN2)N1CCOCC1. The Bertz CT molecular complexity index is 819. The number of carbonyl (C=O) groups excluding carboxylic acids is 2. The van der Waals surface area contributed by atoms with Crippen LogP contribution in [0.15, 0.2) is 42.6 Å². The number of ether oxygens (including phenoxy) is 1. The van der Waals surface area contributed by atoms with E-state index in [0.29, 0.717) is 49.9 Å². The lowest BCUT2D eigenvalue weighted by atomic mass is 10.1. The topological polar surface area (TPSA) is 74.8 Å². The molecule has 1 fully saturated rings. The van der Waals surface area contributed by atoms with Gasteiger partial charge in [0.1, 0.15) is 0 Å². The molecule has 1 aromatic carbocycles. The van der Waals surface area contributed by atoms with Crippen molar-refractivity contribution in [2.24, 2.45) is 0 Å². The second-order valence-corrected chi connectivity index (χ2v) is 6.32. The lowest BCUT2D eigenvalue weighted by Gasteiger charge is -2.31. The van der Waals surface area contributed by atoms with Crippen molar-refractivity contribution in [1.29, 1.82) is 0 Å². The highest BCUT2D eigenvalue weighted by Crippen LogP contribution is 2.30. The summed E-state index contributed by atoms with van der Waals surface area (Å²) in [5, 5.41) is 3.03. The minimum atomic E-state index is -0.0821. The van der Waals surface area contributed by atoms with E-state index in [1.165, 1.54) is 0 Å². The summed E-state index contributed by atoms with van der Waals surface area (Å²) >= 11 is 0. The van der Waals surface area contributed by atoms with Gasteiger partial charge in [0.15, 0.2) is 5.82 Å². The molecule has 1 N–H and O–H groups in total. The van der Waals surface area contributed by atoms with Crippen molar-refractivity contribution in [3.63, 3.8) is 0 Å². The van der Waals surface area contributed by atoms with Gasteiger partial charge in [-0.2, -0.15) is 0 Å². The van der Waals surface area contributed by atoms with E-state index in [1.54, 1.807) is 22.1 Å². The summed E-state index contributed by atoms with van der Waals surface area (Å²) < 4.78 is 5.30. The van der Waals surface area contributed by atoms with Gasteiger partial charge < -0.3 is 19.9 Å². The number of fused-ring (bicyclic) bond motifs is 1. The third-order valence-corrected chi connectivity index (χ3v) is 4.60. The second-order valence-electron chi connectivity index (χ2n) is 6.32. The first-order valence-corrected chi connectivity index (χ1v) is 8.67. The van der Waals surface area contributed by atoms with Gasteiger partial charge in [-0.1, -0.05) is 30.3 Å². The number of amides is 2. The van der Waals surface area contributed by atoms with E-state index in [0.717, 1.165) is 5.56 Å². The number of morpholine rings is 1. The van der Waals surface area contributed by atoms with Gasteiger partial charge >= 0.3 is 0 Å². The number of pyridine rings is 1. The van der Waals surface area contributed by atoms with Gasteiger partial charge in [-0.25, -0.2) is 4.98 Å². The van der Waals surface area contributed by atoms with Gasteiger partial charge in [0.25, 0.3) is 5.91 Å². The average Bonchev–Trinajstić information content (AvgIpc) is 2.71. The van der Waals surface area contributed by atoms with Crippen LogP contribution in [0.5, 0.6) is 0 Å². The number of hydrogen-bond donors (Lipinski definition) is 1. The van der Waals surface area contributed by atoms with Gasteiger partial charge in [-0.15, -0.1) is 0 Å². The van der Waals surface area contributed by atoms with Gasteiger partial charge in [0.05, 0.1) is 37.6 Å². The first kappa shape index (κ1) is 16.5. The normalized spacial score (nSPS) is 16.8. The molecule has 0 radical (unpaired) electrons. The molecule has 2 amide bonds. The van der Waals surface area contributed by atoms with Crippen LogP contribution in [0.1, 0.15) is 15.9 Å². The predicted octanol–water partition coefficient (Wildman–Crippen LogP) is 1.51. The van der Waals surface area contributed by atoms with E-state index in [9.17, 15) is 9.59 Å². The van der Waals surface area contributed by atoms with Crippen LogP contribution < -0.4 is 10.2 Å². The Morgan fingerprint density at radius 1 is 1.19 bits per heavy atom. The molecule has 0 spiro atoms. The highest BCUT2D eigenvalue weighted by Gasteiger charge is 2.27. The third kappa shape index (κ3) is 3.25. The number of carbonyl (C=O) groups is 2. The van der Waals surface area contributed by atoms with Crippen molar-refractivity contribution < 1.29 is 14.3 Å². The molecule has 2 aliphatic rings. The van der Waals surface area contributed by atoms with Crippen molar-refractivity contribution in [2.45, 2.75) is 6.54 Å². The highest BCUT2D eigenvalue weighted by molar-refractivity contribution is 6.04. The summed E-state index contributed by atoms with van der Waals surface area (Å²) in [6, 6.07) is 11.5. The first-order chi connectivity index (χ1) is 12.7. The van der Waals surface area contributed by atoms with Crippen molar-refractivity contribution in [1.82, 2.24) is 9.88 Å². The molecule has 0 aliphatic carbocycles. The molecule has 2 aromatic rings. The Morgan fingerprint density at radius 2 is 1.96 bits per heavy atom. The predicted molar refractivity (Wildman–Crippen MR) is 97.1 cm³/mol. The minimum absolute atomic E-state index is 0.0425. The zero-order valence-electron chi connectivity index (χ0n) is 14.4.